The van der Waals surface area contributed by atoms with Crippen LogP contribution in [0.15, 0.2) is 6.07 Å². The fourth-order valence-corrected chi connectivity index (χ4v) is 5.59. The lowest BCUT2D eigenvalue weighted by molar-refractivity contribution is -0.360. The van der Waals surface area contributed by atoms with Crippen molar-refractivity contribution >= 4 is 5.78 Å². The molecule has 4 rings (SSSR count). The monoisotopic (exact) mass is 388 g/mol. The second-order valence-electron chi connectivity index (χ2n) is 10.4. The Labute approximate surface area is 167 Å². The van der Waals surface area contributed by atoms with E-state index in [-0.39, 0.29) is 51.6 Å². The molecule has 1 aromatic carbocycles. The molecule has 0 spiro atoms. The molecule has 5 heteroatoms. The minimum absolute atomic E-state index is 0.0201. The van der Waals surface area contributed by atoms with Crippen LogP contribution in [-0.4, -0.2) is 27.4 Å². The third-order valence-electron chi connectivity index (χ3n) is 7.17. The van der Waals surface area contributed by atoms with E-state index in [2.05, 4.69) is 27.7 Å². The van der Waals surface area contributed by atoms with E-state index < -0.39 is 5.79 Å². The van der Waals surface area contributed by atoms with Crippen molar-refractivity contribution in [3.05, 3.63) is 17.2 Å². The average molecular weight is 389 g/mol. The highest BCUT2D eigenvalue weighted by Crippen LogP contribution is 2.66. The number of ether oxygens (including phenoxy) is 2. The van der Waals surface area contributed by atoms with Crippen LogP contribution in [0.2, 0.25) is 0 Å². The molecule has 28 heavy (non-hydrogen) atoms. The van der Waals surface area contributed by atoms with Gasteiger partial charge in [-0.2, -0.15) is 0 Å². The van der Waals surface area contributed by atoms with Gasteiger partial charge in [0.05, 0.1) is 5.60 Å². The van der Waals surface area contributed by atoms with Gasteiger partial charge in [-0.1, -0.05) is 27.7 Å². The molecule has 1 saturated carbocycles. The van der Waals surface area contributed by atoms with E-state index in [1.54, 1.807) is 13.8 Å². The maximum absolute atomic E-state index is 12.6. The van der Waals surface area contributed by atoms with Gasteiger partial charge in [-0.3, -0.25) is 4.79 Å². The number of ketones is 1. The van der Waals surface area contributed by atoms with Gasteiger partial charge in [0.15, 0.2) is 5.78 Å². The Hall–Kier alpha value is -1.75. The molecule has 3 atom stereocenters. The van der Waals surface area contributed by atoms with E-state index in [0.29, 0.717) is 11.3 Å². The molecule has 2 bridgehead atoms. The number of hydrogen-bond acceptors (Lipinski definition) is 5. The van der Waals surface area contributed by atoms with Gasteiger partial charge in [-0.25, -0.2) is 0 Å². The van der Waals surface area contributed by atoms with Gasteiger partial charge in [0.1, 0.15) is 22.8 Å². The van der Waals surface area contributed by atoms with E-state index >= 15 is 0 Å². The maximum Gasteiger partial charge on any atom is 0.219 e. The van der Waals surface area contributed by atoms with Crippen LogP contribution in [0.1, 0.15) is 89.1 Å². The Bertz CT molecular complexity index is 838. The molecule has 5 nitrogen and oxygen atoms in total. The first kappa shape index (κ1) is 19.6. The van der Waals surface area contributed by atoms with Gasteiger partial charge in [0.25, 0.3) is 0 Å². The summed E-state index contributed by atoms with van der Waals surface area (Å²) in [4.78, 5) is 12.6. The van der Waals surface area contributed by atoms with Crippen LogP contribution >= 0.6 is 0 Å². The van der Waals surface area contributed by atoms with Gasteiger partial charge >= 0.3 is 0 Å². The lowest BCUT2D eigenvalue weighted by Gasteiger charge is -2.63. The molecular formula is C23H32O5. The molecule has 0 aromatic heterocycles. The number of rotatable bonds is 2. The standard InChI is InChI=1S/C23H32O5/c1-12(2)19(25)18-15(24)11-16-17(20(18)26)13-7-9-21(3,4)23(27-16)14(13)8-10-22(5,6)28-23/h11-14,24,26H,7-10H2,1-6H3. The zero-order chi connectivity index (χ0) is 20.6. The second-order valence-corrected chi connectivity index (χ2v) is 10.4. The number of phenols is 2. The minimum Gasteiger partial charge on any atom is -0.507 e. The highest BCUT2D eigenvalue weighted by Gasteiger charge is 2.66. The normalized spacial score (nSPS) is 32.2. The van der Waals surface area contributed by atoms with Gasteiger partial charge in [0, 0.05) is 34.8 Å². The number of benzene rings is 1. The van der Waals surface area contributed by atoms with Crippen molar-refractivity contribution < 1.29 is 24.5 Å². The van der Waals surface area contributed by atoms with E-state index in [4.69, 9.17) is 9.47 Å². The molecule has 1 saturated heterocycles. The Morgan fingerprint density at radius 3 is 2.46 bits per heavy atom. The molecule has 0 amide bonds. The average Bonchev–Trinajstić information content (AvgIpc) is 2.56. The van der Waals surface area contributed by atoms with E-state index in [1.165, 1.54) is 6.07 Å². The second kappa shape index (κ2) is 5.88. The molecule has 2 heterocycles. The molecule has 1 aromatic rings. The molecular weight excluding hydrogens is 356 g/mol. The van der Waals surface area contributed by atoms with Crippen molar-refractivity contribution in [2.24, 2.45) is 17.3 Å². The summed E-state index contributed by atoms with van der Waals surface area (Å²) in [5.41, 5.74) is 0.180. The molecule has 2 aliphatic heterocycles. The summed E-state index contributed by atoms with van der Waals surface area (Å²) in [5, 5.41) is 21.6. The third-order valence-corrected chi connectivity index (χ3v) is 7.17. The first-order valence-corrected chi connectivity index (χ1v) is 10.4. The summed E-state index contributed by atoms with van der Waals surface area (Å²) in [6.45, 7) is 12.1. The minimum atomic E-state index is -0.798. The lowest BCUT2D eigenvalue weighted by Crippen LogP contribution is -2.67. The summed E-state index contributed by atoms with van der Waals surface area (Å²) in [7, 11) is 0. The summed E-state index contributed by atoms with van der Waals surface area (Å²) < 4.78 is 13.2. The quantitative estimate of drug-likeness (QED) is 0.687. The first-order valence-electron chi connectivity index (χ1n) is 10.4. The molecule has 154 valence electrons. The SMILES string of the molecule is CC(C)C(=O)c1c(O)cc2c(c1O)C1CCC(C)(C)C3(O2)OC(C)(C)CCC13. The summed E-state index contributed by atoms with van der Waals surface area (Å²) in [6, 6.07) is 1.50. The molecule has 0 radical (unpaired) electrons. The van der Waals surface area contributed by atoms with Crippen LogP contribution in [0.3, 0.4) is 0 Å². The smallest absolute Gasteiger partial charge is 0.219 e. The van der Waals surface area contributed by atoms with Crippen molar-refractivity contribution in [3.63, 3.8) is 0 Å². The zero-order valence-corrected chi connectivity index (χ0v) is 17.8. The molecule has 2 N–H and O–H groups in total. The fraction of sp³-hybridized carbons (Fsp3) is 0.696. The van der Waals surface area contributed by atoms with Crippen LogP contribution < -0.4 is 4.74 Å². The van der Waals surface area contributed by atoms with Gasteiger partial charge < -0.3 is 19.7 Å². The van der Waals surface area contributed by atoms with Crippen LogP contribution in [0.4, 0.5) is 0 Å². The van der Waals surface area contributed by atoms with Crippen molar-refractivity contribution in [2.75, 3.05) is 0 Å². The summed E-state index contributed by atoms with van der Waals surface area (Å²) >= 11 is 0. The highest BCUT2D eigenvalue weighted by atomic mass is 16.7. The largest absolute Gasteiger partial charge is 0.507 e. The van der Waals surface area contributed by atoms with Crippen LogP contribution in [0.25, 0.3) is 0 Å². The lowest BCUT2D eigenvalue weighted by atomic mass is 9.56. The first-order chi connectivity index (χ1) is 12.9. The van der Waals surface area contributed by atoms with Crippen molar-refractivity contribution in [1.82, 2.24) is 0 Å². The highest BCUT2D eigenvalue weighted by molar-refractivity contribution is 6.03. The topological polar surface area (TPSA) is 76.0 Å². The number of fused-ring (bicyclic) bond motifs is 2. The van der Waals surface area contributed by atoms with Crippen LogP contribution in [0.5, 0.6) is 17.2 Å². The summed E-state index contributed by atoms with van der Waals surface area (Å²) in [6.07, 6.45) is 3.65. The van der Waals surface area contributed by atoms with Crippen molar-refractivity contribution in [1.29, 1.82) is 0 Å². The van der Waals surface area contributed by atoms with Crippen LogP contribution in [-0.2, 0) is 4.74 Å². The van der Waals surface area contributed by atoms with Gasteiger partial charge in [-0.05, 0) is 39.5 Å². The number of aromatic hydroxyl groups is 2. The van der Waals surface area contributed by atoms with E-state index in [0.717, 1.165) is 25.7 Å². The molecule has 2 fully saturated rings. The predicted molar refractivity (Wildman–Crippen MR) is 106 cm³/mol. The maximum atomic E-state index is 12.6. The van der Waals surface area contributed by atoms with E-state index in [9.17, 15) is 15.0 Å². The third kappa shape index (κ3) is 2.51. The Balaban J connectivity index is 1.92. The molecule has 1 aliphatic carbocycles. The number of hydrogen-bond donors (Lipinski definition) is 2. The van der Waals surface area contributed by atoms with Gasteiger partial charge in [-0.15, -0.1) is 0 Å². The van der Waals surface area contributed by atoms with Crippen LogP contribution in [0, 0.1) is 17.3 Å². The number of carbonyl (C=O) groups excluding carboxylic acids is 1. The summed E-state index contributed by atoms with van der Waals surface area (Å²) in [5.74, 6) is -1.11. The Kier molecular flexibility index (Phi) is 4.11. The Morgan fingerprint density at radius 1 is 1.14 bits per heavy atom. The number of Topliss-reactive ketones (excluding diaryl/α,β-unsaturated/α-hetero) is 1. The zero-order valence-electron chi connectivity index (χ0n) is 17.8. The number of carbonyl (C=O) groups is 1. The fourth-order valence-electron chi connectivity index (χ4n) is 5.59. The Morgan fingerprint density at radius 2 is 1.82 bits per heavy atom. The molecule has 3 aliphatic rings. The molecule has 3 unspecified atom stereocenters. The van der Waals surface area contributed by atoms with E-state index in [1.807, 2.05) is 0 Å². The number of phenolic OH excluding ortho intramolecular Hbond substituents is 2. The van der Waals surface area contributed by atoms with Crippen molar-refractivity contribution in [3.8, 4) is 17.2 Å². The predicted octanol–water partition coefficient (Wildman–Crippen LogP) is 5.13. The van der Waals surface area contributed by atoms with Crippen molar-refractivity contribution in [2.45, 2.75) is 84.5 Å². The van der Waals surface area contributed by atoms with Gasteiger partial charge in [0.2, 0.25) is 5.79 Å².